The number of ether oxygens (including phenoxy) is 1. The van der Waals surface area contributed by atoms with Crippen LogP contribution in [-0.4, -0.2) is 51.6 Å². The first-order chi connectivity index (χ1) is 8.51. The maximum Gasteiger partial charge on any atom is 0.238 e. The molecule has 1 rings (SSSR count). The van der Waals surface area contributed by atoms with E-state index in [1.54, 1.807) is 0 Å². The summed E-state index contributed by atoms with van der Waals surface area (Å²) in [5, 5.41) is 1.82. The second-order valence-electron chi connectivity index (χ2n) is 4.59. The fourth-order valence-electron chi connectivity index (χ4n) is 2.14. The highest BCUT2D eigenvalue weighted by molar-refractivity contribution is 7.92. The quantitative estimate of drug-likeness (QED) is 0.678. The minimum Gasteiger partial charge on any atom is -0.383 e. The second-order valence-corrected chi connectivity index (χ2v) is 6.89. The van der Waals surface area contributed by atoms with E-state index < -0.39 is 21.0 Å². The van der Waals surface area contributed by atoms with Crippen LogP contribution >= 0.6 is 0 Å². The van der Waals surface area contributed by atoms with Crippen LogP contribution < -0.4 is 11.1 Å². The number of amides is 1. The van der Waals surface area contributed by atoms with Gasteiger partial charge in [0.1, 0.15) is 5.25 Å². The van der Waals surface area contributed by atoms with Crippen molar-refractivity contribution in [2.45, 2.75) is 37.0 Å². The van der Waals surface area contributed by atoms with Crippen LogP contribution in [0.25, 0.3) is 0 Å². The maximum absolute atomic E-state index is 12.0. The zero-order valence-electron chi connectivity index (χ0n) is 10.7. The molecule has 1 saturated heterocycles. The van der Waals surface area contributed by atoms with Crippen LogP contribution in [0.3, 0.4) is 0 Å². The van der Waals surface area contributed by atoms with E-state index in [1.807, 2.05) is 0 Å². The van der Waals surface area contributed by atoms with Gasteiger partial charge in [0.2, 0.25) is 5.91 Å². The lowest BCUT2D eigenvalue weighted by Crippen LogP contribution is -2.48. The molecule has 1 amide bonds. The Hall–Kier alpha value is -0.660. The largest absolute Gasteiger partial charge is 0.383 e. The molecule has 0 bridgehead atoms. The molecule has 1 aliphatic heterocycles. The van der Waals surface area contributed by atoms with Crippen molar-refractivity contribution in [1.82, 2.24) is 5.32 Å². The molecule has 1 heterocycles. The Morgan fingerprint density at radius 1 is 1.50 bits per heavy atom. The van der Waals surface area contributed by atoms with Crippen LogP contribution in [0.1, 0.15) is 25.7 Å². The monoisotopic (exact) mass is 278 g/mol. The van der Waals surface area contributed by atoms with Gasteiger partial charge >= 0.3 is 0 Å². The van der Waals surface area contributed by atoms with Gasteiger partial charge in [-0.05, 0) is 25.8 Å². The van der Waals surface area contributed by atoms with Crippen LogP contribution in [-0.2, 0) is 19.4 Å². The van der Waals surface area contributed by atoms with E-state index in [4.69, 9.17) is 10.5 Å². The minimum atomic E-state index is -3.28. The topological polar surface area (TPSA) is 98.5 Å². The van der Waals surface area contributed by atoms with Gasteiger partial charge in [0.05, 0.1) is 18.4 Å². The molecule has 0 aromatic heterocycles. The zero-order chi connectivity index (χ0) is 13.6. The highest BCUT2D eigenvalue weighted by Crippen LogP contribution is 2.19. The Bertz CT molecular complexity index is 363. The van der Waals surface area contributed by atoms with Crippen molar-refractivity contribution in [3.63, 3.8) is 0 Å². The number of hydrogen-bond donors (Lipinski definition) is 2. The highest BCUT2D eigenvalue weighted by atomic mass is 32.2. The Balaban J connectivity index is 2.62. The fraction of sp³-hybridized carbons (Fsp3) is 0.909. The summed E-state index contributed by atoms with van der Waals surface area (Å²) >= 11 is 0. The molecule has 3 N–H and O–H groups in total. The third-order valence-corrected chi connectivity index (χ3v) is 5.27. The number of hydrogen-bond acceptors (Lipinski definition) is 5. The zero-order valence-corrected chi connectivity index (χ0v) is 11.5. The van der Waals surface area contributed by atoms with Gasteiger partial charge < -0.3 is 15.8 Å². The van der Waals surface area contributed by atoms with Gasteiger partial charge in [0.25, 0.3) is 0 Å². The third kappa shape index (κ3) is 4.22. The highest BCUT2D eigenvalue weighted by Gasteiger charge is 2.35. The molecule has 2 unspecified atom stereocenters. The second kappa shape index (κ2) is 7.06. The number of carbonyl (C=O) groups is 1. The Morgan fingerprint density at radius 3 is 2.78 bits per heavy atom. The Morgan fingerprint density at radius 2 is 2.22 bits per heavy atom. The molecule has 0 aliphatic carbocycles. The summed E-state index contributed by atoms with van der Waals surface area (Å²) in [6.45, 7) is 0.765. The first-order valence-electron chi connectivity index (χ1n) is 6.22. The number of rotatable bonds is 6. The van der Waals surface area contributed by atoms with Gasteiger partial charge in [-0.2, -0.15) is 0 Å². The van der Waals surface area contributed by atoms with Crippen molar-refractivity contribution in [2.24, 2.45) is 5.73 Å². The number of nitrogens with one attached hydrogen (secondary N) is 1. The number of methoxy groups -OCH3 is 1. The van der Waals surface area contributed by atoms with Crippen LogP contribution in [0.15, 0.2) is 0 Å². The van der Waals surface area contributed by atoms with Gasteiger partial charge in [-0.15, -0.1) is 0 Å². The van der Waals surface area contributed by atoms with Crippen molar-refractivity contribution in [3.05, 3.63) is 0 Å². The molecular formula is C11H22N2O4S. The smallest absolute Gasteiger partial charge is 0.238 e. The van der Waals surface area contributed by atoms with Crippen molar-refractivity contribution >= 4 is 15.7 Å². The average molecular weight is 278 g/mol. The van der Waals surface area contributed by atoms with Crippen LogP contribution in [0.5, 0.6) is 0 Å². The molecule has 0 saturated carbocycles. The summed E-state index contributed by atoms with van der Waals surface area (Å²) < 4.78 is 28.6. The van der Waals surface area contributed by atoms with Gasteiger partial charge in [-0.25, -0.2) is 8.42 Å². The minimum absolute atomic E-state index is 0.108. The van der Waals surface area contributed by atoms with Crippen molar-refractivity contribution in [3.8, 4) is 0 Å². The number of sulfone groups is 1. The number of nitrogens with two attached hydrogens (primary N) is 1. The lowest BCUT2D eigenvalue weighted by Gasteiger charge is -2.24. The van der Waals surface area contributed by atoms with Gasteiger partial charge in [0.15, 0.2) is 9.84 Å². The SMILES string of the molecule is COCC(CCN)NC(=O)C1CCCCS1(=O)=O. The van der Waals surface area contributed by atoms with Gasteiger partial charge in [-0.1, -0.05) is 6.42 Å². The molecular weight excluding hydrogens is 256 g/mol. The predicted molar refractivity (Wildman–Crippen MR) is 68.9 cm³/mol. The van der Waals surface area contributed by atoms with Crippen molar-refractivity contribution < 1.29 is 17.9 Å². The molecule has 0 spiro atoms. The standard InChI is InChI=1S/C11H22N2O4S/c1-17-8-9(5-6-12)13-11(14)10-4-2-3-7-18(10,15)16/h9-10H,2-8,12H2,1H3,(H,13,14). The summed E-state index contributed by atoms with van der Waals surface area (Å²) in [4.78, 5) is 12.0. The Kier molecular flexibility index (Phi) is 6.04. The van der Waals surface area contributed by atoms with E-state index in [0.29, 0.717) is 32.4 Å². The summed E-state index contributed by atoms with van der Waals surface area (Å²) in [5.41, 5.74) is 5.44. The van der Waals surface area contributed by atoms with Crippen LogP contribution in [0.2, 0.25) is 0 Å². The van der Waals surface area contributed by atoms with Gasteiger partial charge in [-0.3, -0.25) is 4.79 Å². The molecule has 6 nitrogen and oxygen atoms in total. The fourth-order valence-corrected chi connectivity index (χ4v) is 3.95. The Labute approximate surface area is 108 Å². The summed E-state index contributed by atoms with van der Waals surface area (Å²) in [5.74, 6) is -0.304. The predicted octanol–water partition coefficient (Wildman–Crippen LogP) is -0.566. The van der Waals surface area contributed by atoms with E-state index in [9.17, 15) is 13.2 Å². The molecule has 18 heavy (non-hydrogen) atoms. The first kappa shape index (κ1) is 15.4. The average Bonchev–Trinajstić information content (AvgIpc) is 2.28. The van der Waals surface area contributed by atoms with E-state index in [-0.39, 0.29) is 11.8 Å². The molecule has 0 aromatic rings. The summed E-state index contributed by atoms with van der Waals surface area (Å²) in [6, 6.07) is -0.218. The first-order valence-corrected chi connectivity index (χ1v) is 7.93. The molecule has 0 radical (unpaired) electrons. The van der Waals surface area contributed by atoms with Gasteiger partial charge in [0, 0.05) is 7.11 Å². The third-order valence-electron chi connectivity index (χ3n) is 3.10. The van der Waals surface area contributed by atoms with Crippen molar-refractivity contribution in [1.29, 1.82) is 0 Å². The molecule has 106 valence electrons. The summed E-state index contributed by atoms with van der Waals surface area (Å²) in [7, 11) is -1.75. The molecule has 0 aromatic carbocycles. The summed E-state index contributed by atoms with van der Waals surface area (Å²) in [6.07, 6.45) is 2.42. The molecule has 7 heteroatoms. The van der Waals surface area contributed by atoms with E-state index >= 15 is 0 Å². The van der Waals surface area contributed by atoms with E-state index in [0.717, 1.165) is 6.42 Å². The van der Waals surface area contributed by atoms with E-state index in [1.165, 1.54) is 7.11 Å². The maximum atomic E-state index is 12.0. The van der Waals surface area contributed by atoms with Crippen LogP contribution in [0.4, 0.5) is 0 Å². The molecule has 2 atom stereocenters. The normalized spacial score (nSPS) is 24.4. The van der Waals surface area contributed by atoms with E-state index in [2.05, 4.69) is 5.32 Å². The molecule has 1 aliphatic rings. The number of carbonyl (C=O) groups excluding carboxylic acids is 1. The van der Waals surface area contributed by atoms with Crippen LogP contribution in [0, 0.1) is 0 Å². The lowest BCUT2D eigenvalue weighted by atomic mass is 10.1. The van der Waals surface area contributed by atoms with Crippen molar-refractivity contribution in [2.75, 3.05) is 26.0 Å². The lowest BCUT2D eigenvalue weighted by molar-refractivity contribution is -0.122. The molecule has 1 fully saturated rings.